The summed E-state index contributed by atoms with van der Waals surface area (Å²) < 4.78 is 2.81. The first-order valence-corrected chi connectivity index (χ1v) is 7.53. The van der Waals surface area contributed by atoms with Crippen LogP contribution >= 0.6 is 15.9 Å². The van der Waals surface area contributed by atoms with Gasteiger partial charge in [0.05, 0.1) is 0 Å². The van der Waals surface area contributed by atoms with Crippen molar-refractivity contribution < 1.29 is 0 Å². The molecule has 19 heavy (non-hydrogen) atoms. The van der Waals surface area contributed by atoms with Crippen LogP contribution in [-0.2, 0) is 0 Å². The zero-order valence-corrected chi connectivity index (χ0v) is 12.6. The fraction of sp³-hybridized carbons (Fsp3) is 0.538. The first kappa shape index (κ1) is 12.9. The van der Waals surface area contributed by atoms with E-state index in [0.29, 0.717) is 6.04 Å². The summed E-state index contributed by atoms with van der Waals surface area (Å²) in [5.74, 6) is 0.863. The molecule has 0 saturated carbocycles. The highest BCUT2D eigenvalue weighted by molar-refractivity contribution is 9.10. The van der Waals surface area contributed by atoms with Crippen LogP contribution in [0.1, 0.15) is 19.8 Å². The first-order chi connectivity index (χ1) is 9.26. The van der Waals surface area contributed by atoms with Gasteiger partial charge in [-0.15, -0.1) is 0 Å². The van der Waals surface area contributed by atoms with E-state index in [4.69, 9.17) is 0 Å². The summed E-state index contributed by atoms with van der Waals surface area (Å²) >= 11 is 3.45. The molecule has 0 aliphatic carbocycles. The van der Waals surface area contributed by atoms with Gasteiger partial charge in [-0.1, -0.05) is 6.92 Å². The maximum absolute atomic E-state index is 4.52. The lowest BCUT2D eigenvalue weighted by Gasteiger charge is -2.32. The smallest absolute Gasteiger partial charge is 0.180 e. The highest BCUT2D eigenvalue weighted by Crippen LogP contribution is 2.20. The minimum Gasteiger partial charge on any atom is -0.363 e. The lowest BCUT2D eigenvalue weighted by atomic mass is 10.1. The molecule has 3 rings (SSSR count). The summed E-state index contributed by atoms with van der Waals surface area (Å²) in [5.41, 5.74) is 0.886. The van der Waals surface area contributed by atoms with E-state index < -0.39 is 0 Å². The summed E-state index contributed by atoms with van der Waals surface area (Å²) in [5, 5.41) is 3.55. The molecule has 0 radical (unpaired) electrons. The Bertz CT molecular complexity index is 567. The highest BCUT2D eigenvalue weighted by atomic mass is 79.9. The number of halogens is 1. The minimum atomic E-state index is 0.455. The molecule has 1 aliphatic rings. The maximum atomic E-state index is 4.52. The molecule has 1 saturated heterocycles. The summed E-state index contributed by atoms with van der Waals surface area (Å²) in [6.07, 6.45) is 8.09. The summed E-state index contributed by atoms with van der Waals surface area (Å²) in [6.45, 7) is 5.62. The fourth-order valence-electron chi connectivity index (χ4n) is 2.65. The van der Waals surface area contributed by atoms with Crippen LogP contribution in [0.15, 0.2) is 23.2 Å². The molecule has 1 atom stereocenters. The van der Waals surface area contributed by atoms with E-state index in [2.05, 4.69) is 43.0 Å². The van der Waals surface area contributed by atoms with E-state index in [0.717, 1.165) is 29.2 Å². The number of anilines is 1. The summed E-state index contributed by atoms with van der Waals surface area (Å²) in [6, 6.07) is 0.455. The van der Waals surface area contributed by atoms with Gasteiger partial charge in [-0.25, -0.2) is 9.97 Å². The van der Waals surface area contributed by atoms with Gasteiger partial charge in [0.15, 0.2) is 11.5 Å². The second-order valence-electron chi connectivity index (χ2n) is 4.95. The number of hydrogen-bond donors (Lipinski definition) is 1. The molecule has 2 aromatic heterocycles. The van der Waals surface area contributed by atoms with Crippen LogP contribution in [0, 0.1) is 0 Å². The van der Waals surface area contributed by atoms with E-state index in [1.54, 1.807) is 6.20 Å². The van der Waals surface area contributed by atoms with Crippen LogP contribution in [0.2, 0.25) is 0 Å². The van der Waals surface area contributed by atoms with Gasteiger partial charge in [0.1, 0.15) is 4.60 Å². The van der Waals surface area contributed by atoms with Gasteiger partial charge in [-0.2, -0.15) is 0 Å². The standard InChI is InChI=1S/C13H18BrN5/c1-2-18-6-3-4-10(8-18)16-12-13-15-5-7-19(13)9-11(14)17-12/h5,7,9-10H,2-4,6,8H2,1H3,(H,16,17). The van der Waals surface area contributed by atoms with Crippen molar-refractivity contribution in [2.45, 2.75) is 25.8 Å². The molecular weight excluding hydrogens is 306 g/mol. The average Bonchev–Trinajstić information content (AvgIpc) is 2.87. The highest BCUT2D eigenvalue weighted by Gasteiger charge is 2.20. The average molecular weight is 324 g/mol. The fourth-order valence-corrected chi connectivity index (χ4v) is 3.05. The van der Waals surface area contributed by atoms with Gasteiger partial charge in [-0.05, 0) is 41.9 Å². The SMILES string of the molecule is CCN1CCCC(Nc2nc(Br)cn3ccnc23)C1. The van der Waals surface area contributed by atoms with Gasteiger partial charge in [0, 0.05) is 31.2 Å². The number of likely N-dealkylation sites (tertiary alicyclic amines) is 1. The quantitative estimate of drug-likeness (QED) is 0.942. The van der Waals surface area contributed by atoms with Crippen LogP contribution in [0.3, 0.4) is 0 Å². The Morgan fingerprint density at radius 3 is 3.26 bits per heavy atom. The molecule has 1 N–H and O–H groups in total. The van der Waals surface area contributed by atoms with Crippen molar-refractivity contribution in [2.75, 3.05) is 25.0 Å². The third-order valence-electron chi connectivity index (χ3n) is 3.64. The zero-order chi connectivity index (χ0) is 13.2. The number of hydrogen-bond acceptors (Lipinski definition) is 4. The second kappa shape index (κ2) is 5.46. The molecule has 0 spiro atoms. The van der Waals surface area contributed by atoms with Crippen molar-refractivity contribution in [3.63, 3.8) is 0 Å². The van der Waals surface area contributed by atoms with Crippen LogP contribution in [0.25, 0.3) is 5.65 Å². The lowest BCUT2D eigenvalue weighted by Crippen LogP contribution is -2.42. The van der Waals surface area contributed by atoms with Crippen LogP contribution in [-0.4, -0.2) is 44.9 Å². The molecule has 3 heterocycles. The maximum Gasteiger partial charge on any atom is 0.180 e. The number of piperidine rings is 1. The molecule has 0 amide bonds. The van der Waals surface area contributed by atoms with Crippen LogP contribution < -0.4 is 5.32 Å². The predicted octanol–water partition coefficient (Wildman–Crippen LogP) is 2.39. The van der Waals surface area contributed by atoms with Crippen molar-refractivity contribution in [1.82, 2.24) is 19.3 Å². The molecule has 1 unspecified atom stereocenters. The van der Waals surface area contributed by atoms with Gasteiger partial charge >= 0.3 is 0 Å². The van der Waals surface area contributed by atoms with Crippen LogP contribution in [0.5, 0.6) is 0 Å². The third kappa shape index (κ3) is 2.74. The summed E-state index contributed by atoms with van der Waals surface area (Å²) in [7, 11) is 0. The predicted molar refractivity (Wildman–Crippen MR) is 79.4 cm³/mol. The van der Waals surface area contributed by atoms with Crippen molar-refractivity contribution in [3.8, 4) is 0 Å². The Balaban J connectivity index is 1.82. The van der Waals surface area contributed by atoms with Crippen molar-refractivity contribution in [1.29, 1.82) is 0 Å². The van der Waals surface area contributed by atoms with Crippen molar-refractivity contribution in [2.24, 2.45) is 0 Å². The zero-order valence-electron chi connectivity index (χ0n) is 11.0. The molecule has 5 nitrogen and oxygen atoms in total. The van der Waals surface area contributed by atoms with E-state index >= 15 is 0 Å². The van der Waals surface area contributed by atoms with Crippen molar-refractivity contribution >= 4 is 27.4 Å². The van der Waals surface area contributed by atoms with E-state index in [-0.39, 0.29) is 0 Å². The Hall–Kier alpha value is -1.14. The minimum absolute atomic E-state index is 0.455. The molecular formula is C13H18BrN5. The number of nitrogens with one attached hydrogen (secondary N) is 1. The van der Waals surface area contributed by atoms with Gasteiger partial charge in [-0.3, -0.25) is 0 Å². The number of nitrogens with zero attached hydrogens (tertiary/aromatic N) is 4. The Labute approximate surface area is 121 Å². The van der Waals surface area contributed by atoms with Gasteiger partial charge in [0.2, 0.25) is 0 Å². The Kier molecular flexibility index (Phi) is 3.70. The van der Waals surface area contributed by atoms with Crippen molar-refractivity contribution in [3.05, 3.63) is 23.2 Å². The Morgan fingerprint density at radius 1 is 1.53 bits per heavy atom. The second-order valence-corrected chi connectivity index (χ2v) is 5.76. The number of rotatable bonds is 3. The van der Waals surface area contributed by atoms with E-state index in [1.807, 2.05) is 16.8 Å². The topological polar surface area (TPSA) is 45.5 Å². The van der Waals surface area contributed by atoms with Crippen LogP contribution in [0.4, 0.5) is 5.82 Å². The largest absolute Gasteiger partial charge is 0.363 e. The first-order valence-electron chi connectivity index (χ1n) is 6.74. The number of aromatic nitrogens is 3. The molecule has 1 aliphatic heterocycles. The number of imidazole rings is 1. The molecule has 0 aromatic carbocycles. The number of fused-ring (bicyclic) bond motifs is 1. The molecule has 2 aromatic rings. The molecule has 0 bridgehead atoms. The number of likely N-dealkylation sites (N-methyl/N-ethyl adjacent to an activating group) is 1. The molecule has 1 fully saturated rings. The molecule has 102 valence electrons. The molecule has 6 heteroatoms. The lowest BCUT2D eigenvalue weighted by molar-refractivity contribution is 0.226. The normalized spacial score (nSPS) is 20.8. The summed E-state index contributed by atoms with van der Waals surface area (Å²) in [4.78, 5) is 11.4. The van der Waals surface area contributed by atoms with E-state index in [1.165, 1.54) is 19.4 Å². The van der Waals surface area contributed by atoms with Gasteiger partial charge in [0.25, 0.3) is 0 Å². The van der Waals surface area contributed by atoms with Gasteiger partial charge < -0.3 is 14.6 Å². The monoisotopic (exact) mass is 323 g/mol. The third-order valence-corrected chi connectivity index (χ3v) is 4.02. The Morgan fingerprint density at radius 2 is 2.42 bits per heavy atom. The van der Waals surface area contributed by atoms with E-state index in [9.17, 15) is 0 Å².